The second-order valence-electron chi connectivity index (χ2n) is 10.1. The van der Waals surface area contributed by atoms with Crippen molar-refractivity contribution in [3.8, 4) is 5.75 Å². The molecule has 214 valence electrons. The van der Waals surface area contributed by atoms with Gasteiger partial charge in [-0.25, -0.2) is 4.79 Å². The Morgan fingerprint density at radius 2 is 1.40 bits per heavy atom. The molecule has 0 bridgehead atoms. The van der Waals surface area contributed by atoms with Crippen molar-refractivity contribution in [1.82, 2.24) is 10.2 Å². The standard InChI is InChI=1S/C34H34N4O4/c39-31-18-10-22-38(31)23-11-21-35-33(40)29-24-28(37-34(41)36-27-16-8-3-9-17-27)19-20-30(29)42-32(25-12-4-1-5-13-25)26-14-6-2-7-15-26/h1-9,12-17,19-20,24,32H,10-11,18,21-23H2,(H,35,40)(H2,36,37,41). The fourth-order valence-corrected chi connectivity index (χ4v) is 4.92. The summed E-state index contributed by atoms with van der Waals surface area (Å²) in [4.78, 5) is 39.9. The maximum absolute atomic E-state index is 13.5. The summed E-state index contributed by atoms with van der Waals surface area (Å²) in [5.41, 5.74) is 3.27. The number of nitrogens with zero attached hydrogens (tertiary/aromatic N) is 1. The number of para-hydroxylation sites is 1. The molecule has 1 saturated heterocycles. The number of anilines is 2. The first kappa shape index (κ1) is 28.4. The van der Waals surface area contributed by atoms with Gasteiger partial charge < -0.3 is 25.6 Å². The first-order valence-electron chi connectivity index (χ1n) is 14.2. The lowest BCUT2D eigenvalue weighted by atomic mass is 10.0. The molecule has 42 heavy (non-hydrogen) atoms. The van der Waals surface area contributed by atoms with Gasteiger partial charge in [-0.1, -0.05) is 78.9 Å². The molecular weight excluding hydrogens is 528 g/mol. The Morgan fingerprint density at radius 3 is 2.02 bits per heavy atom. The van der Waals surface area contributed by atoms with E-state index in [1.54, 1.807) is 30.3 Å². The van der Waals surface area contributed by atoms with E-state index in [1.165, 1.54) is 0 Å². The van der Waals surface area contributed by atoms with Gasteiger partial charge in [0.05, 0.1) is 5.56 Å². The molecule has 5 rings (SSSR count). The molecule has 4 aromatic rings. The minimum Gasteiger partial charge on any atom is -0.480 e. The number of ether oxygens (including phenoxy) is 1. The van der Waals surface area contributed by atoms with E-state index >= 15 is 0 Å². The van der Waals surface area contributed by atoms with Crippen molar-refractivity contribution < 1.29 is 19.1 Å². The third-order valence-electron chi connectivity index (χ3n) is 7.02. The molecule has 4 aromatic carbocycles. The predicted octanol–water partition coefficient (Wildman–Crippen LogP) is 6.24. The van der Waals surface area contributed by atoms with E-state index in [0.717, 1.165) is 24.1 Å². The molecule has 0 radical (unpaired) electrons. The van der Waals surface area contributed by atoms with E-state index in [9.17, 15) is 14.4 Å². The van der Waals surface area contributed by atoms with Gasteiger partial charge in [0.1, 0.15) is 11.9 Å². The van der Waals surface area contributed by atoms with Crippen LogP contribution < -0.4 is 20.7 Å². The first-order valence-corrected chi connectivity index (χ1v) is 14.2. The molecule has 1 aliphatic rings. The summed E-state index contributed by atoms with van der Waals surface area (Å²) < 4.78 is 6.55. The van der Waals surface area contributed by atoms with Gasteiger partial charge in [0.15, 0.2) is 0 Å². The molecular formula is C34H34N4O4. The fourth-order valence-electron chi connectivity index (χ4n) is 4.92. The van der Waals surface area contributed by atoms with E-state index in [0.29, 0.717) is 48.6 Å². The zero-order valence-corrected chi connectivity index (χ0v) is 23.3. The van der Waals surface area contributed by atoms with Crippen LogP contribution in [-0.4, -0.2) is 42.4 Å². The third kappa shape index (κ3) is 7.54. The van der Waals surface area contributed by atoms with Gasteiger partial charge in [-0.15, -0.1) is 0 Å². The molecule has 0 aliphatic carbocycles. The Labute approximate surface area is 245 Å². The quantitative estimate of drug-likeness (QED) is 0.188. The SMILES string of the molecule is O=C(Nc1ccccc1)Nc1ccc(OC(c2ccccc2)c2ccccc2)c(C(=O)NCCCN2CCCC2=O)c1. The summed E-state index contributed by atoms with van der Waals surface area (Å²) in [5, 5.41) is 8.56. The number of nitrogens with one attached hydrogen (secondary N) is 3. The van der Waals surface area contributed by atoms with Crippen molar-refractivity contribution in [2.24, 2.45) is 0 Å². The summed E-state index contributed by atoms with van der Waals surface area (Å²) in [6.07, 6.45) is 1.66. The molecule has 1 aliphatic heterocycles. The average molecular weight is 563 g/mol. The third-order valence-corrected chi connectivity index (χ3v) is 7.02. The van der Waals surface area contributed by atoms with Gasteiger partial charge in [-0.2, -0.15) is 0 Å². The number of carbonyl (C=O) groups excluding carboxylic acids is 3. The van der Waals surface area contributed by atoms with Crippen LogP contribution in [0.4, 0.5) is 16.2 Å². The van der Waals surface area contributed by atoms with Crippen molar-refractivity contribution in [3.05, 3.63) is 126 Å². The Kier molecular flexibility index (Phi) is 9.46. The van der Waals surface area contributed by atoms with Crippen LogP contribution in [0.1, 0.15) is 46.9 Å². The molecule has 4 amide bonds. The van der Waals surface area contributed by atoms with E-state index in [1.807, 2.05) is 83.8 Å². The Balaban J connectivity index is 1.36. The molecule has 0 spiro atoms. The minimum atomic E-state index is -0.458. The van der Waals surface area contributed by atoms with Crippen LogP contribution in [0.15, 0.2) is 109 Å². The highest BCUT2D eigenvalue weighted by Crippen LogP contribution is 2.32. The van der Waals surface area contributed by atoms with Crippen LogP contribution in [-0.2, 0) is 4.79 Å². The molecule has 0 unspecified atom stereocenters. The van der Waals surface area contributed by atoms with Crippen LogP contribution in [0.2, 0.25) is 0 Å². The summed E-state index contributed by atoms with van der Waals surface area (Å²) in [6, 6.07) is 33.4. The van der Waals surface area contributed by atoms with Gasteiger partial charge in [-0.05, 0) is 54.3 Å². The number of rotatable bonds is 11. The van der Waals surface area contributed by atoms with Crippen molar-refractivity contribution >= 4 is 29.2 Å². The van der Waals surface area contributed by atoms with Gasteiger partial charge >= 0.3 is 6.03 Å². The molecule has 0 atom stereocenters. The lowest BCUT2D eigenvalue weighted by molar-refractivity contribution is -0.127. The lowest BCUT2D eigenvalue weighted by Gasteiger charge is -2.22. The number of benzene rings is 4. The normalized spacial score (nSPS) is 12.7. The minimum absolute atomic E-state index is 0.164. The molecule has 0 saturated carbocycles. The number of likely N-dealkylation sites (tertiary alicyclic amines) is 1. The van der Waals surface area contributed by atoms with Crippen molar-refractivity contribution in [1.29, 1.82) is 0 Å². The monoisotopic (exact) mass is 562 g/mol. The van der Waals surface area contributed by atoms with E-state index in [4.69, 9.17) is 4.74 Å². The topological polar surface area (TPSA) is 99.8 Å². The van der Waals surface area contributed by atoms with Crippen molar-refractivity contribution in [3.63, 3.8) is 0 Å². The average Bonchev–Trinajstić information content (AvgIpc) is 3.44. The van der Waals surface area contributed by atoms with Gasteiger partial charge in [0.2, 0.25) is 5.91 Å². The zero-order chi connectivity index (χ0) is 29.1. The Bertz CT molecular complexity index is 1460. The van der Waals surface area contributed by atoms with E-state index in [-0.39, 0.29) is 11.8 Å². The summed E-state index contributed by atoms with van der Waals surface area (Å²) >= 11 is 0. The molecule has 8 nitrogen and oxygen atoms in total. The van der Waals surface area contributed by atoms with Crippen molar-refractivity contribution in [2.75, 3.05) is 30.3 Å². The van der Waals surface area contributed by atoms with E-state index < -0.39 is 12.1 Å². The summed E-state index contributed by atoms with van der Waals surface area (Å²) in [6.45, 7) is 1.77. The van der Waals surface area contributed by atoms with Crippen LogP contribution in [0.5, 0.6) is 5.75 Å². The number of hydrogen-bond acceptors (Lipinski definition) is 4. The second kappa shape index (κ2) is 14.0. The largest absolute Gasteiger partial charge is 0.480 e. The van der Waals surface area contributed by atoms with Crippen LogP contribution in [0.3, 0.4) is 0 Å². The lowest BCUT2D eigenvalue weighted by Crippen LogP contribution is -2.31. The molecule has 8 heteroatoms. The van der Waals surface area contributed by atoms with Gasteiger partial charge in [-0.3, -0.25) is 9.59 Å². The second-order valence-corrected chi connectivity index (χ2v) is 10.1. The highest BCUT2D eigenvalue weighted by atomic mass is 16.5. The van der Waals surface area contributed by atoms with Crippen LogP contribution in [0.25, 0.3) is 0 Å². The maximum atomic E-state index is 13.5. The summed E-state index contributed by atoms with van der Waals surface area (Å²) in [7, 11) is 0. The number of urea groups is 1. The van der Waals surface area contributed by atoms with Crippen molar-refractivity contribution in [2.45, 2.75) is 25.4 Å². The highest BCUT2D eigenvalue weighted by Gasteiger charge is 2.22. The predicted molar refractivity (Wildman–Crippen MR) is 164 cm³/mol. The van der Waals surface area contributed by atoms with Gasteiger partial charge in [0, 0.05) is 37.4 Å². The zero-order valence-electron chi connectivity index (χ0n) is 23.3. The highest BCUT2D eigenvalue weighted by molar-refractivity contribution is 6.02. The number of carbonyl (C=O) groups is 3. The Hall–Kier alpha value is -5.11. The number of hydrogen-bond donors (Lipinski definition) is 3. The molecule has 1 fully saturated rings. The van der Waals surface area contributed by atoms with Crippen LogP contribution >= 0.6 is 0 Å². The van der Waals surface area contributed by atoms with E-state index in [2.05, 4.69) is 16.0 Å². The van der Waals surface area contributed by atoms with Gasteiger partial charge in [0.25, 0.3) is 5.91 Å². The first-order chi connectivity index (χ1) is 20.6. The molecule has 1 heterocycles. The number of amides is 4. The molecule has 0 aromatic heterocycles. The van der Waals surface area contributed by atoms with Crippen LogP contribution in [0, 0.1) is 0 Å². The smallest absolute Gasteiger partial charge is 0.323 e. The fraction of sp³-hybridized carbons (Fsp3) is 0.206. The summed E-state index contributed by atoms with van der Waals surface area (Å²) in [5.74, 6) is 0.219. The maximum Gasteiger partial charge on any atom is 0.323 e. The Morgan fingerprint density at radius 1 is 0.786 bits per heavy atom. The molecule has 3 N–H and O–H groups in total.